The average Bonchev–Trinajstić information content (AvgIpc) is 2.18. The van der Waals surface area contributed by atoms with E-state index in [2.05, 4.69) is 0 Å². The van der Waals surface area contributed by atoms with Crippen LogP contribution >= 0.6 is 0 Å². The van der Waals surface area contributed by atoms with Crippen molar-refractivity contribution in [1.82, 2.24) is 0 Å². The van der Waals surface area contributed by atoms with Crippen LogP contribution in [-0.4, -0.2) is 26.6 Å². The normalized spacial score (nSPS) is 9.86. The monoisotopic (exact) mass is 194 g/mol. The number of carbonyl (C=O) groups is 1. The van der Waals surface area contributed by atoms with Crippen molar-refractivity contribution >= 4 is 5.78 Å². The highest BCUT2D eigenvalue weighted by molar-refractivity contribution is 5.82. The van der Waals surface area contributed by atoms with Crippen molar-refractivity contribution in [3.63, 3.8) is 0 Å². The van der Waals surface area contributed by atoms with Crippen LogP contribution in [0.5, 0.6) is 5.75 Å². The molecule has 0 aliphatic rings. The molecule has 1 rings (SSSR count). The van der Waals surface area contributed by atoms with Crippen molar-refractivity contribution in [1.29, 1.82) is 0 Å². The smallest absolute Gasteiger partial charge is 0.162 e. The van der Waals surface area contributed by atoms with Crippen molar-refractivity contribution < 1.29 is 14.3 Å². The van der Waals surface area contributed by atoms with Crippen molar-refractivity contribution in [3.05, 3.63) is 29.8 Å². The summed E-state index contributed by atoms with van der Waals surface area (Å²) in [6.45, 7) is 0.164. The minimum atomic E-state index is 0.0701. The SMILES string of the molecule is COCC(=O)Cc1cccc(OC)c1. The molecule has 0 radical (unpaired) electrons. The summed E-state index contributed by atoms with van der Waals surface area (Å²) in [5.41, 5.74) is 0.950. The first kappa shape index (κ1) is 10.7. The van der Waals surface area contributed by atoms with Gasteiger partial charge in [-0.2, -0.15) is 0 Å². The third-order valence-corrected chi connectivity index (χ3v) is 1.84. The Kier molecular flexibility index (Phi) is 4.13. The number of carbonyl (C=O) groups excluding carboxylic acids is 1. The Morgan fingerprint density at radius 2 is 2.14 bits per heavy atom. The molecule has 3 heteroatoms. The van der Waals surface area contributed by atoms with E-state index < -0.39 is 0 Å². The van der Waals surface area contributed by atoms with E-state index in [9.17, 15) is 4.79 Å². The third-order valence-electron chi connectivity index (χ3n) is 1.84. The maximum absolute atomic E-state index is 11.2. The highest BCUT2D eigenvalue weighted by atomic mass is 16.5. The van der Waals surface area contributed by atoms with Crippen molar-refractivity contribution in [2.45, 2.75) is 6.42 Å². The predicted molar refractivity (Wildman–Crippen MR) is 53.6 cm³/mol. The minimum absolute atomic E-state index is 0.0701. The van der Waals surface area contributed by atoms with Crippen LogP contribution in [0.4, 0.5) is 0 Å². The first-order chi connectivity index (χ1) is 6.76. The molecule has 0 saturated carbocycles. The van der Waals surface area contributed by atoms with Crippen LogP contribution in [0.1, 0.15) is 5.56 Å². The van der Waals surface area contributed by atoms with E-state index in [4.69, 9.17) is 9.47 Å². The van der Waals surface area contributed by atoms with Gasteiger partial charge in [-0.15, -0.1) is 0 Å². The second-order valence-electron chi connectivity index (χ2n) is 3.00. The van der Waals surface area contributed by atoms with Crippen LogP contribution in [0, 0.1) is 0 Å². The molecular formula is C11H14O3. The highest BCUT2D eigenvalue weighted by Crippen LogP contribution is 2.12. The van der Waals surface area contributed by atoms with Gasteiger partial charge in [0.25, 0.3) is 0 Å². The number of Topliss-reactive ketones (excluding diaryl/α,β-unsaturated/α-hetero) is 1. The molecule has 0 unspecified atom stereocenters. The van der Waals surface area contributed by atoms with E-state index in [1.54, 1.807) is 7.11 Å². The second kappa shape index (κ2) is 5.40. The molecule has 3 nitrogen and oxygen atoms in total. The summed E-state index contributed by atoms with van der Waals surface area (Å²) in [5, 5.41) is 0. The summed E-state index contributed by atoms with van der Waals surface area (Å²) in [6.07, 6.45) is 0.394. The molecule has 76 valence electrons. The fraction of sp³-hybridized carbons (Fsp3) is 0.364. The van der Waals surface area contributed by atoms with Crippen molar-refractivity contribution in [2.24, 2.45) is 0 Å². The molecular weight excluding hydrogens is 180 g/mol. The highest BCUT2D eigenvalue weighted by Gasteiger charge is 2.03. The molecule has 0 saturated heterocycles. The lowest BCUT2D eigenvalue weighted by Crippen LogP contribution is -2.09. The van der Waals surface area contributed by atoms with E-state index in [0.29, 0.717) is 6.42 Å². The number of hydrogen-bond donors (Lipinski definition) is 0. The molecule has 0 amide bonds. The molecule has 0 N–H and O–H groups in total. The Morgan fingerprint density at radius 1 is 1.36 bits per heavy atom. The molecule has 0 spiro atoms. The summed E-state index contributed by atoms with van der Waals surface area (Å²) in [4.78, 5) is 11.2. The Hall–Kier alpha value is -1.35. The number of rotatable bonds is 5. The Balaban J connectivity index is 2.62. The molecule has 0 atom stereocenters. The van der Waals surface area contributed by atoms with Gasteiger partial charge in [0.1, 0.15) is 12.4 Å². The fourth-order valence-corrected chi connectivity index (χ4v) is 1.22. The molecule has 0 heterocycles. The van der Waals surface area contributed by atoms with E-state index in [1.807, 2.05) is 24.3 Å². The largest absolute Gasteiger partial charge is 0.497 e. The molecule has 0 aliphatic carbocycles. The molecule has 0 aliphatic heterocycles. The van der Waals surface area contributed by atoms with Gasteiger partial charge in [0.2, 0.25) is 0 Å². The molecule has 1 aromatic carbocycles. The quantitative estimate of drug-likeness (QED) is 0.711. The van der Waals surface area contributed by atoms with Crippen LogP contribution < -0.4 is 4.74 Å². The molecule has 0 bridgehead atoms. The van der Waals surface area contributed by atoms with Crippen LogP contribution in [0.2, 0.25) is 0 Å². The summed E-state index contributed by atoms with van der Waals surface area (Å²) in [7, 11) is 3.12. The van der Waals surface area contributed by atoms with Gasteiger partial charge in [0.15, 0.2) is 5.78 Å². The van der Waals surface area contributed by atoms with Gasteiger partial charge in [0.05, 0.1) is 7.11 Å². The van der Waals surface area contributed by atoms with Gasteiger partial charge in [-0.1, -0.05) is 12.1 Å². The lowest BCUT2D eigenvalue weighted by atomic mass is 10.1. The van der Waals surface area contributed by atoms with Gasteiger partial charge in [-0.3, -0.25) is 4.79 Å². The molecule has 14 heavy (non-hydrogen) atoms. The zero-order chi connectivity index (χ0) is 10.4. The Labute approximate surface area is 83.6 Å². The summed E-state index contributed by atoms with van der Waals surface area (Å²) < 4.78 is 9.81. The summed E-state index contributed by atoms with van der Waals surface area (Å²) in [6, 6.07) is 7.47. The number of methoxy groups -OCH3 is 2. The van der Waals surface area contributed by atoms with E-state index >= 15 is 0 Å². The Bertz CT molecular complexity index is 307. The molecule has 0 aromatic heterocycles. The maximum Gasteiger partial charge on any atom is 0.162 e. The van der Waals surface area contributed by atoms with E-state index in [0.717, 1.165) is 11.3 Å². The molecule has 1 aromatic rings. The van der Waals surface area contributed by atoms with Gasteiger partial charge in [0, 0.05) is 13.5 Å². The van der Waals surface area contributed by atoms with Crippen molar-refractivity contribution in [2.75, 3.05) is 20.8 Å². The predicted octanol–water partition coefficient (Wildman–Crippen LogP) is 1.45. The van der Waals surface area contributed by atoms with Crippen LogP contribution in [0.25, 0.3) is 0 Å². The summed E-state index contributed by atoms with van der Waals surface area (Å²) in [5.74, 6) is 0.841. The van der Waals surface area contributed by atoms with Crippen LogP contribution in [0.15, 0.2) is 24.3 Å². The summed E-state index contributed by atoms with van der Waals surface area (Å²) >= 11 is 0. The number of ether oxygens (including phenoxy) is 2. The van der Waals surface area contributed by atoms with Gasteiger partial charge < -0.3 is 9.47 Å². The van der Waals surface area contributed by atoms with E-state index in [-0.39, 0.29) is 12.4 Å². The van der Waals surface area contributed by atoms with E-state index in [1.165, 1.54) is 7.11 Å². The third kappa shape index (κ3) is 3.18. The zero-order valence-corrected chi connectivity index (χ0v) is 8.45. The maximum atomic E-state index is 11.2. The number of benzene rings is 1. The minimum Gasteiger partial charge on any atom is -0.497 e. The average molecular weight is 194 g/mol. The first-order valence-corrected chi connectivity index (χ1v) is 4.40. The van der Waals surface area contributed by atoms with Crippen LogP contribution in [0.3, 0.4) is 0 Å². The van der Waals surface area contributed by atoms with Gasteiger partial charge in [-0.25, -0.2) is 0 Å². The molecule has 0 fully saturated rings. The number of hydrogen-bond acceptors (Lipinski definition) is 3. The van der Waals surface area contributed by atoms with Crippen molar-refractivity contribution in [3.8, 4) is 5.75 Å². The Morgan fingerprint density at radius 3 is 2.79 bits per heavy atom. The lowest BCUT2D eigenvalue weighted by Gasteiger charge is -2.03. The number of ketones is 1. The topological polar surface area (TPSA) is 35.5 Å². The van der Waals surface area contributed by atoms with Gasteiger partial charge >= 0.3 is 0 Å². The van der Waals surface area contributed by atoms with Gasteiger partial charge in [-0.05, 0) is 17.7 Å². The zero-order valence-electron chi connectivity index (χ0n) is 8.45. The first-order valence-electron chi connectivity index (χ1n) is 4.40. The fourth-order valence-electron chi connectivity index (χ4n) is 1.22. The second-order valence-corrected chi connectivity index (χ2v) is 3.00. The van der Waals surface area contributed by atoms with Crippen LogP contribution in [-0.2, 0) is 16.0 Å². The lowest BCUT2D eigenvalue weighted by molar-refractivity contribution is -0.121. The standard InChI is InChI=1S/C11H14O3/c1-13-8-10(12)6-9-4-3-5-11(7-9)14-2/h3-5,7H,6,8H2,1-2H3.